The van der Waals surface area contributed by atoms with Gasteiger partial charge in [0.25, 0.3) is 11.6 Å². The lowest BCUT2D eigenvalue weighted by molar-refractivity contribution is -0.385. The number of nitrogens with zero attached hydrogens (tertiary/aromatic N) is 1. The molecule has 0 bridgehead atoms. The van der Waals surface area contributed by atoms with E-state index in [1.165, 1.54) is 24.3 Å². The highest BCUT2D eigenvalue weighted by atomic mass is 35.6. The van der Waals surface area contributed by atoms with Gasteiger partial charge in [-0.3, -0.25) is 14.9 Å². The lowest BCUT2D eigenvalue weighted by atomic mass is 10.1. The number of nitrogens with one attached hydrogen (secondary N) is 2. The van der Waals surface area contributed by atoms with Gasteiger partial charge in [-0.1, -0.05) is 64.6 Å². The van der Waals surface area contributed by atoms with Gasteiger partial charge in [0.05, 0.1) is 4.92 Å². The van der Waals surface area contributed by atoms with E-state index in [-0.39, 0.29) is 11.3 Å². The first-order valence-corrected chi connectivity index (χ1v) is 8.33. The Balaban J connectivity index is 2.26. The minimum atomic E-state index is -1.93. The Morgan fingerprint density at radius 2 is 1.80 bits per heavy atom. The number of hydrogen-bond acceptors (Lipinski definition) is 4. The van der Waals surface area contributed by atoms with Crippen LogP contribution in [-0.2, 0) is 0 Å². The van der Waals surface area contributed by atoms with Crippen molar-refractivity contribution in [2.75, 3.05) is 5.32 Å². The Bertz CT molecular complexity index is 796. The third-order valence-electron chi connectivity index (χ3n) is 3.08. The summed E-state index contributed by atoms with van der Waals surface area (Å²) in [6.07, 6.45) is -1.16. The summed E-state index contributed by atoms with van der Waals surface area (Å²) in [6.45, 7) is 0. The van der Waals surface area contributed by atoms with Crippen LogP contribution in [0, 0.1) is 10.1 Å². The minimum Gasteiger partial charge on any atom is -0.362 e. The fraction of sp³-hybridized carbons (Fsp3) is 0.133. The van der Waals surface area contributed by atoms with Crippen LogP contribution in [0.3, 0.4) is 0 Å². The van der Waals surface area contributed by atoms with Gasteiger partial charge in [-0.15, -0.1) is 0 Å². The number of benzene rings is 2. The molecule has 0 spiro atoms. The zero-order valence-electron chi connectivity index (χ0n) is 12.4. The second kappa shape index (κ2) is 8.10. The number of nitro groups is 1. The Morgan fingerprint density at radius 1 is 1.12 bits per heavy atom. The van der Waals surface area contributed by atoms with Crippen molar-refractivity contribution in [2.24, 2.45) is 0 Å². The molecule has 0 saturated carbocycles. The maximum Gasteiger partial charge on any atom is 0.282 e. The van der Waals surface area contributed by atoms with Crippen LogP contribution in [0.5, 0.6) is 0 Å². The Kier molecular flexibility index (Phi) is 6.35. The molecule has 2 N–H and O–H groups in total. The maximum absolute atomic E-state index is 12.4. The lowest BCUT2D eigenvalue weighted by Gasteiger charge is -2.27. The molecule has 0 aliphatic heterocycles. The summed E-state index contributed by atoms with van der Waals surface area (Å²) in [7, 11) is 0. The van der Waals surface area contributed by atoms with Gasteiger partial charge >= 0.3 is 0 Å². The third-order valence-corrected chi connectivity index (χ3v) is 3.97. The van der Waals surface area contributed by atoms with Crippen LogP contribution in [0.1, 0.15) is 10.4 Å². The first-order valence-electron chi connectivity index (χ1n) is 6.81. The van der Waals surface area contributed by atoms with Gasteiger partial charge in [0.15, 0.2) is 0 Å². The summed E-state index contributed by atoms with van der Waals surface area (Å²) >= 11 is 23.6. The summed E-state index contributed by atoms with van der Waals surface area (Å²) in [5, 5.41) is 16.8. The van der Waals surface area contributed by atoms with E-state index in [1.54, 1.807) is 24.3 Å². The van der Waals surface area contributed by atoms with Crippen LogP contribution in [0.4, 0.5) is 11.4 Å². The highest BCUT2D eigenvalue weighted by molar-refractivity contribution is 6.68. The van der Waals surface area contributed by atoms with E-state index in [0.29, 0.717) is 10.7 Å². The van der Waals surface area contributed by atoms with Crippen molar-refractivity contribution < 1.29 is 9.72 Å². The van der Waals surface area contributed by atoms with Crippen molar-refractivity contribution in [1.82, 2.24) is 5.32 Å². The molecule has 6 nitrogen and oxygen atoms in total. The lowest BCUT2D eigenvalue weighted by Crippen LogP contribution is -2.49. The number of carbonyl (C=O) groups is 1. The number of rotatable bonds is 5. The Labute approximate surface area is 163 Å². The van der Waals surface area contributed by atoms with Crippen LogP contribution < -0.4 is 10.6 Å². The van der Waals surface area contributed by atoms with Gasteiger partial charge in [-0.05, 0) is 24.3 Å². The highest BCUT2D eigenvalue weighted by Crippen LogP contribution is 2.32. The molecule has 1 amide bonds. The summed E-state index contributed by atoms with van der Waals surface area (Å²) in [5.74, 6) is -0.766. The molecule has 0 aliphatic carbocycles. The van der Waals surface area contributed by atoms with Crippen LogP contribution in [0.25, 0.3) is 0 Å². The van der Waals surface area contributed by atoms with Crippen LogP contribution in [-0.4, -0.2) is 20.8 Å². The number of halogens is 4. The second-order valence-electron chi connectivity index (χ2n) is 4.88. The van der Waals surface area contributed by atoms with E-state index in [4.69, 9.17) is 46.4 Å². The topological polar surface area (TPSA) is 84.3 Å². The Morgan fingerprint density at radius 3 is 2.40 bits per heavy atom. The van der Waals surface area contributed by atoms with Gasteiger partial charge in [0, 0.05) is 16.8 Å². The van der Waals surface area contributed by atoms with Crippen molar-refractivity contribution in [2.45, 2.75) is 9.96 Å². The molecule has 2 aromatic rings. The molecule has 10 heteroatoms. The fourth-order valence-electron chi connectivity index (χ4n) is 1.98. The first kappa shape index (κ1) is 19.6. The van der Waals surface area contributed by atoms with E-state index in [9.17, 15) is 14.9 Å². The summed E-state index contributed by atoms with van der Waals surface area (Å²) < 4.78 is -1.93. The number of carbonyl (C=O) groups excluding carboxylic acids is 1. The molecule has 1 unspecified atom stereocenters. The number of alkyl halides is 3. The van der Waals surface area contributed by atoms with Crippen molar-refractivity contribution in [1.29, 1.82) is 0 Å². The molecule has 0 radical (unpaired) electrons. The molecule has 0 aromatic heterocycles. The minimum absolute atomic E-state index is 0.153. The number of para-hydroxylation sites is 1. The van der Waals surface area contributed by atoms with Crippen molar-refractivity contribution in [3.63, 3.8) is 0 Å². The molecule has 25 heavy (non-hydrogen) atoms. The van der Waals surface area contributed by atoms with E-state index in [0.717, 1.165) is 0 Å². The van der Waals surface area contributed by atoms with Crippen LogP contribution >= 0.6 is 46.4 Å². The molecule has 2 rings (SSSR count). The number of anilines is 1. The zero-order chi connectivity index (χ0) is 18.6. The molecular weight excluding hydrogens is 412 g/mol. The predicted octanol–water partition coefficient (Wildman–Crippen LogP) is 4.79. The van der Waals surface area contributed by atoms with Crippen LogP contribution in [0.15, 0.2) is 48.5 Å². The number of hydrogen-bond donors (Lipinski definition) is 2. The SMILES string of the molecule is O=C(NC(Nc1cccc(Cl)c1)C(Cl)(Cl)Cl)c1ccccc1[N+](=O)[O-]. The molecule has 0 heterocycles. The standard InChI is InChI=1S/C15H11Cl4N3O3/c16-9-4-3-5-10(8-9)20-14(15(17,18)19)21-13(23)11-6-1-2-7-12(11)22(24)25/h1-8,14,20H,(H,21,23). The van der Waals surface area contributed by atoms with E-state index < -0.39 is 20.8 Å². The van der Waals surface area contributed by atoms with Gasteiger partial charge in [-0.25, -0.2) is 0 Å². The number of nitro benzene ring substituents is 1. The summed E-state index contributed by atoms with van der Waals surface area (Å²) in [5.41, 5.74) is -0.0165. The molecule has 0 saturated heterocycles. The third kappa shape index (κ3) is 5.37. The highest BCUT2D eigenvalue weighted by Gasteiger charge is 2.35. The quantitative estimate of drug-likeness (QED) is 0.314. The molecule has 0 aliphatic rings. The van der Waals surface area contributed by atoms with Crippen molar-refractivity contribution >= 4 is 63.7 Å². The fourth-order valence-corrected chi connectivity index (χ4v) is 2.50. The van der Waals surface area contributed by atoms with Crippen molar-refractivity contribution in [3.05, 3.63) is 69.2 Å². The van der Waals surface area contributed by atoms with Gasteiger partial charge in [0.2, 0.25) is 3.79 Å². The largest absolute Gasteiger partial charge is 0.362 e. The predicted molar refractivity (Wildman–Crippen MR) is 99.7 cm³/mol. The molecule has 2 aromatic carbocycles. The molecule has 132 valence electrons. The monoisotopic (exact) mass is 421 g/mol. The average molecular weight is 423 g/mol. The van der Waals surface area contributed by atoms with Gasteiger partial charge in [-0.2, -0.15) is 0 Å². The first-order chi connectivity index (χ1) is 11.7. The normalized spacial score (nSPS) is 12.3. The van der Waals surface area contributed by atoms with Gasteiger partial charge < -0.3 is 10.6 Å². The molecule has 0 fully saturated rings. The summed E-state index contributed by atoms with van der Waals surface area (Å²) in [4.78, 5) is 22.8. The molecular formula is C15H11Cl4N3O3. The summed E-state index contributed by atoms with van der Waals surface area (Å²) in [6, 6.07) is 12.0. The maximum atomic E-state index is 12.4. The zero-order valence-corrected chi connectivity index (χ0v) is 15.4. The van der Waals surface area contributed by atoms with E-state index >= 15 is 0 Å². The second-order valence-corrected chi connectivity index (χ2v) is 7.68. The Hall–Kier alpha value is -1.73. The van der Waals surface area contributed by atoms with Crippen LogP contribution in [0.2, 0.25) is 5.02 Å². The number of amides is 1. The van der Waals surface area contributed by atoms with Gasteiger partial charge in [0.1, 0.15) is 11.7 Å². The van der Waals surface area contributed by atoms with E-state index in [1.807, 2.05) is 0 Å². The average Bonchev–Trinajstić information content (AvgIpc) is 2.53. The van der Waals surface area contributed by atoms with Crippen molar-refractivity contribution in [3.8, 4) is 0 Å². The van der Waals surface area contributed by atoms with E-state index in [2.05, 4.69) is 10.6 Å². The molecule has 1 atom stereocenters. The smallest absolute Gasteiger partial charge is 0.282 e.